The molecule has 1 amide bonds. The standard InChI is InChI=1S/C18H19BrFNO2/c1-3-17(13-4-6-14(19)7-5-13)21-18(22)12(2)23-16-10-8-15(20)9-11-16/h4-12,17H,3H2,1-2H3,(H,21,22). The van der Waals surface area contributed by atoms with Crippen molar-refractivity contribution in [1.29, 1.82) is 0 Å². The predicted molar refractivity (Wildman–Crippen MR) is 91.8 cm³/mol. The van der Waals surface area contributed by atoms with Gasteiger partial charge in [-0.3, -0.25) is 4.79 Å². The molecular weight excluding hydrogens is 361 g/mol. The molecule has 0 aliphatic carbocycles. The van der Waals surface area contributed by atoms with Crippen molar-refractivity contribution in [3.63, 3.8) is 0 Å². The number of carbonyl (C=O) groups is 1. The molecule has 2 unspecified atom stereocenters. The van der Waals surface area contributed by atoms with Crippen molar-refractivity contribution < 1.29 is 13.9 Å². The highest BCUT2D eigenvalue weighted by molar-refractivity contribution is 9.10. The normalized spacial score (nSPS) is 13.2. The van der Waals surface area contributed by atoms with Gasteiger partial charge in [-0.05, 0) is 55.3 Å². The number of hydrogen-bond acceptors (Lipinski definition) is 2. The highest BCUT2D eigenvalue weighted by Gasteiger charge is 2.19. The fraction of sp³-hybridized carbons (Fsp3) is 0.278. The maximum atomic E-state index is 12.9. The van der Waals surface area contributed by atoms with Crippen LogP contribution in [0, 0.1) is 5.82 Å². The molecule has 2 atom stereocenters. The number of nitrogens with one attached hydrogen (secondary N) is 1. The summed E-state index contributed by atoms with van der Waals surface area (Å²) in [4.78, 5) is 12.3. The van der Waals surface area contributed by atoms with Crippen molar-refractivity contribution in [3.8, 4) is 5.75 Å². The van der Waals surface area contributed by atoms with E-state index in [0.717, 1.165) is 16.5 Å². The van der Waals surface area contributed by atoms with E-state index in [0.29, 0.717) is 5.75 Å². The maximum absolute atomic E-state index is 12.9. The Balaban J connectivity index is 1.98. The molecule has 0 saturated carbocycles. The van der Waals surface area contributed by atoms with E-state index < -0.39 is 6.10 Å². The van der Waals surface area contributed by atoms with Crippen molar-refractivity contribution >= 4 is 21.8 Å². The molecule has 1 N–H and O–H groups in total. The fourth-order valence-electron chi connectivity index (χ4n) is 2.18. The van der Waals surface area contributed by atoms with Crippen LogP contribution < -0.4 is 10.1 Å². The monoisotopic (exact) mass is 379 g/mol. The van der Waals surface area contributed by atoms with Crippen molar-refractivity contribution in [3.05, 3.63) is 64.4 Å². The van der Waals surface area contributed by atoms with Gasteiger partial charge in [0.15, 0.2) is 6.10 Å². The van der Waals surface area contributed by atoms with E-state index in [-0.39, 0.29) is 17.8 Å². The average Bonchev–Trinajstić information content (AvgIpc) is 2.55. The predicted octanol–water partition coefficient (Wildman–Crippen LogP) is 4.62. The number of carbonyl (C=O) groups excluding carboxylic acids is 1. The Hall–Kier alpha value is -1.88. The summed E-state index contributed by atoms with van der Waals surface area (Å²) in [5, 5.41) is 2.98. The van der Waals surface area contributed by atoms with E-state index in [1.54, 1.807) is 6.92 Å². The number of rotatable bonds is 6. The van der Waals surface area contributed by atoms with E-state index in [4.69, 9.17) is 4.74 Å². The number of benzene rings is 2. The molecule has 0 spiro atoms. The number of hydrogen-bond donors (Lipinski definition) is 1. The summed E-state index contributed by atoms with van der Waals surface area (Å²) in [6, 6.07) is 13.4. The molecule has 0 aliphatic rings. The van der Waals surface area contributed by atoms with Crippen LogP contribution in [0.15, 0.2) is 53.0 Å². The Morgan fingerprint density at radius 3 is 2.35 bits per heavy atom. The van der Waals surface area contributed by atoms with Gasteiger partial charge in [0.25, 0.3) is 5.91 Å². The van der Waals surface area contributed by atoms with Gasteiger partial charge in [-0.15, -0.1) is 0 Å². The first-order valence-corrected chi connectivity index (χ1v) is 8.27. The molecule has 0 saturated heterocycles. The van der Waals surface area contributed by atoms with Gasteiger partial charge in [-0.25, -0.2) is 4.39 Å². The van der Waals surface area contributed by atoms with Crippen LogP contribution in [0.2, 0.25) is 0 Å². The smallest absolute Gasteiger partial charge is 0.261 e. The van der Waals surface area contributed by atoms with Crippen LogP contribution in [-0.2, 0) is 4.79 Å². The molecule has 2 aromatic carbocycles. The zero-order chi connectivity index (χ0) is 16.8. The molecule has 3 nitrogen and oxygen atoms in total. The molecule has 23 heavy (non-hydrogen) atoms. The molecular formula is C18H19BrFNO2. The molecule has 2 aromatic rings. The van der Waals surface area contributed by atoms with Gasteiger partial charge >= 0.3 is 0 Å². The maximum Gasteiger partial charge on any atom is 0.261 e. The highest BCUT2D eigenvalue weighted by atomic mass is 79.9. The van der Waals surface area contributed by atoms with Gasteiger partial charge in [-0.1, -0.05) is 35.0 Å². The van der Waals surface area contributed by atoms with Crippen molar-refractivity contribution in [2.75, 3.05) is 0 Å². The van der Waals surface area contributed by atoms with Gasteiger partial charge in [0, 0.05) is 4.47 Å². The third kappa shape index (κ3) is 5.06. The topological polar surface area (TPSA) is 38.3 Å². The number of amides is 1. The second-order valence-electron chi connectivity index (χ2n) is 5.23. The number of halogens is 2. The van der Waals surface area contributed by atoms with Crippen LogP contribution in [0.1, 0.15) is 31.9 Å². The summed E-state index contributed by atoms with van der Waals surface area (Å²) in [5.74, 6) is -0.0782. The van der Waals surface area contributed by atoms with Crippen LogP contribution in [0.3, 0.4) is 0 Å². The van der Waals surface area contributed by atoms with E-state index in [9.17, 15) is 9.18 Å². The van der Waals surface area contributed by atoms with Crippen LogP contribution in [0.5, 0.6) is 5.75 Å². The molecule has 0 aliphatic heterocycles. The quantitative estimate of drug-likeness (QED) is 0.794. The Labute approximate surface area is 144 Å². The second-order valence-corrected chi connectivity index (χ2v) is 6.15. The van der Waals surface area contributed by atoms with E-state index in [1.807, 2.05) is 31.2 Å². The molecule has 0 heterocycles. The lowest BCUT2D eigenvalue weighted by molar-refractivity contribution is -0.128. The lowest BCUT2D eigenvalue weighted by Crippen LogP contribution is -2.38. The van der Waals surface area contributed by atoms with Crippen molar-refractivity contribution in [2.24, 2.45) is 0 Å². The van der Waals surface area contributed by atoms with Gasteiger partial charge in [0.1, 0.15) is 11.6 Å². The second kappa shape index (κ2) is 8.11. The zero-order valence-electron chi connectivity index (χ0n) is 13.1. The van der Waals surface area contributed by atoms with E-state index in [1.165, 1.54) is 24.3 Å². The Morgan fingerprint density at radius 2 is 1.78 bits per heavy atom. The Bertz CT molecular complexity index is 643. The molecule has 0 fully saturated rings. The van der Waals surface area contributed by atoms with Gasteiger partial charge in [0.2, 0.25) is 0 Å². The van der Waals surface area contributed by atoms with E-state index in [2.05, 4.69) is 21.2 Å². The molecule has 0 bridgehead atoms. The van der Waals surface area contributed by atoms with Crippen LogP contribution in [0.4, 0.5) is 4.39 Å². The summed E-state index contributed by atoms with van der Waals surface area (Å²) >= 11 is 3.40. The third-order valence-corrected chi connectivity index (χ3v) is 4.02. The minimum Gasteiger partial charge on any atom is -0.481 e. The van der Waals surface area contributed by atoms with E-state index >= 15 is 0 Å². The first kappa shape index (κ1) is 17.5. The molecule has 5 heteroatoms. The van der Waals surface area contributed by atoms with Crippen LogP contribution in [-0.4, -0.2) is 12.0 Å². The summed E-state index contributed by atoms with van der Waals surface area (Å²) in [6.07, 6.45) is 0.112. The van der Waals surface area contributed by atoms with Gasteiger partial charge < -0.3 is 10.1 Å². The molecule has 0 radical (unpaired) electrons. The summed E-state index contributed by atoms with van der Waals surface area (Å²) < 4.78 is 19.4. The minimum atomic E-state index is -0.662. The van der Waals surface area contributed by atoms with Gasteiger partial charge in [-0.2, -0.15) is 0 Å². The fourth-order valence-corrected chi connectivity index (χ4v) is 2.44. The summed E-state index contributed by atoms with van der Waals surface area (Å²) in [6.45, 7) is 3.69. The van der Waals surface area contributed by atoms with Gasteiger partial charge in [0.05, 0.1) is 6.04 Å². The third-order valence-electron chi connectivity index (χ3n) is 3.49. The SMILES string of the molecule is CCC(NC(=O)C(C)Oc1ccc(F)cc1)c1ccc(Br)cc1. The summed E-state index contributed by atoms with van der Waals surface area (Å²) in [7, 11) is 0. The van der Waals surface area contributed by atoms with Crippen LogP contribution in [0.25, 0.3) is 0 Å². The lowest BCUT2D eigenvalue weighted by atomic mass is 10.0. The minimum absolute atomic E-state index is 0.0742. The largest absolute Gasteiger partial charge is 0.481 e. The first-order chi connectivity index (χ1) is 11.0. The Kier molecular flexibility index (Phi) is 6.16. The summed E-state index contributed by atoms with van der Waals surface area (Å²) in [5.41, 5.74) is 1.04. The highest BCUT2D eigenvalue weighted by Crippen LogP contribution is 2.20. The Morgan fingerprint density at radius 1 is 1.17 bits per heavy atom. The molecule has 122 valence electrons. The number of ether oxygens (including phenoxy) is 1. The average molecular weight is 380 g/mol. The lowest BCUT2D eigenvalue weighted by Gasteiger charge is -2.21. The van der Waals surface area contributed by atoms with Crippen molar-refractivity contribution in [1.82, 2.24) is 5.32 Å². The first-order valence-electron chi connectivity index (χ1n) is 7.47. The molecule has 2 rings (SSSR count). The molecule has 0 aromatic heterocycles. The van der Waals surface area contributed by atoms with Crippen molar-refractivity contribution in [2.45, 2.75) is 32.4 Å². The van der Waals surface area contributed by atoms with Crippen LogP contribution >= 0.6 is 15.9 Å². The zero-order valence-corrected chi connectivity index (χ0v) is 14.6.